The average molecular weight is 235 g/mol. The van der Waals surface area contributed by atoms with Gasteiger partial charge < -0.3 is 5.73 Å². The van der Waals surface area contributed by atoms with Gasteiger partial charge >= 0.3 is 0 Å². The number of tetrazole rings is 1. The van der Waals surface area contributed by atoms with Crippen molar-refractivity contribution in [2.24, 2.45) is 0 Å². The second kappa shape index (κ2) is 4.48. The monoisotopic (exact) mass is 235 g/mol. The lowest BCUT2D eigenvalue weighted by Crippen LogP contribution is -2.04. The largest absolute Gasteiger partial charge is 0.396 e. The first kappa shape index (κ1) is 11.5. The number of anilines is 1. The fourth-order valence-electron chi connectivity index (χ4n) is 1.69. The van der Waals surface area contributed by atoms with E-state index in [0.29, 0.717) is 5.82 Å². The molecular weight excluding hydrogens is 221 g/mol. The van der Waals surface area contributed by atoms with Crippen molar-refractivity contribution >= 4 is 5.69 Å². The van der Waals surface area contributed by atoms with E-state index in [-0.39, 0.29) is 5.69 Å². The molecule has 0 aliphatic carbocycles. The van der Waals surface area contributed by atoms with Crippen molar-refractivity contribution in [1.29, 1.82) is 0 Å². The van der Waals surface area contributed by atoms with Crippen LogP contribution in [-0.4, -0.2) is 20.2 Å². The van der Waals surface area contributed by atoms with Gasteiger partial charge in [-0.2, -0.15) is 0 Å². The summed E-state index contributed by atoms with van der Waals surface area (Å²) in [4.78, 5) is 0. The van der Waals surface area contributed by atoms with Gasteiger partial charge in [0.05, 0.1) is 5.69 Å². The number of benzene rings is 1. The summed E-state index contributed by atoms with van der Waals surface area (Å²) in [6, 6.07) is 2.97. The van der Waals surface area contributed by atoms with Crippen LogP contribution in [0.15, 0.2) is 12.1 Å². The lowest BCUT2D eigenvalue weighted by Gasteiger charge is -2.07. The Balaban J connectivity index is 2.52. The highest BCUT2D eigenvalue weighted by Crippen LogP contribution is 2.25. The Labute approximate surface area is 98.4 Å². The minimum absolute atomic E-state index is 0.108. The third-order valence-corrected chi connectivity index (χ3v) is 2.55. The third kappa shape index (κ3) is 2.11. The molecule has 17 heavy (non-hydrogen) atoms. The van der Waals surface area contributed by atoms with E-state index in [4.69, 9.17) is 5.73 Å². The Morgan fingerprint density at radius 1 is 1.41 bits per heavy atom. The van der Waals surface area contributed by atoms with Crippen LogP contribution in [0.5, 0.6) is 0 Å². The first-order valence-corrected chi connectivity index (χ1v) is 5.45. The zero-order valence-corrected chi connectivity index (χ0v) is 9.81. The number of aryl methyl sites for hydroxylation is 2. The van der Waals surface area contributed by atoms with Gasteiger partial charge in [-0.05, 0) is 41.5 Å². The summed E-state index contributed by atoms with van der Waals surface area (Å²) in [7, 11) is 0. The lowest BCUT2D eigenvalue weighted by atomic mass is 10.1. The van der Waals surface area contributed by atoms with Crippen molar-refractivity contribution in [3.05, 3.63) is 23.5 Å². The van der Waals surface area contributed by atoms with Gasteiger partial charge in [0, 0.05) is 12.1 Å². The molecule has 2 N–H and O–H groups in total. The number of nitrogens with two attached hydrogens (primary N) is 1. The standard InChI is InChI=1S/C11H14FN5/c1-3-4-17-11(14-15-16-17)8-6-10(13)9(12)5-7(8)2/h5-6H,3-4,13H2,1-2H3. The van der Waals surface area contributed by atoms with Crippen molar-refractivity contribution in [3.8, 4) is 11.4 Å². The minimum atomic E-state index is -0.416. The van der Waals surface area contributed by atoms with Crippen LogP contribution in [0.3, 0.4) is 0 Å². The van der Waals surface area contributed by atoms with E-state index in [1.54, 1.807) is 10.7 Å². The molecular formula is C11H14FN5. The third-order valence-electron chi connectivity index (χ3n) is 2.55. The van der Waals surface area contributed by atoms with Crippen LogP contribution < -0.4 is 5.73 Å². The van der Waals surface area contributed by atoms with Gasteiger partial charge in [-0.25, -0.2) is 9.07 Å². The van der Waals surface area contributed by atoms with Crippen LogP contribution in [0.1, 0.15) is 18.9 Å². The summed E-state index contributed by atoms with van der Waals surface area (Å²) in [6.45, 7) is 4.57. The summed E-state index contributed by atoms with van der Waals surface area (Å²) >= 11 is 0. The highest BCUT2D eigenvalue weighted by molar-refractivity contribution is 5.65. The minimum Gasteiger partial charge on any atom is -0.396 e. The molecule has 1 aromatic carbocycles. The Morgan fingerprint density at radius 2 is 2.18 bits per heavy atom. The van der Waals surface area contributed by atoms with Crippen LogP contribution >= 0.6 is 0 Å². The predicted octanol–water partition coefficient (Wildman–Crippen LogP) is 1.78. The van der Waals surface area contributed by atoms with Crippen LogP contribution in [0.25, 0.3) is 11.4 Å². The van der Waals surface area contributed by atoms with Crippen LogP contribution in [0.4, 0.5) is 10.1 Å². The fraction of sp³-hybridized carbons (Fsp3) is 0.364. The van der Waals surface area contributed by atoms with Crippen molar-refractivity contribution in [3.63, 3.8) is 0 Å². The molecule has 0 spiro atoms. The summed E-state index contributed by atoms with van der Waals surface area (Å²) in [5.74, 6) is 0.205. The highest BCUT2D eigenvalue weighted by atomic mass is 19.1. The molecule has 1 heterocycles. The van der Waals surface area contributed by atoms with Crippen LogP contribution in [0, 0.1) is 12.7 Å². The highest BCUT2D eigenvalue weighted by Gasteiger charge is 2.13. The zero-order chi connectivity index (χ0) is 12.4. The Bertz CT molecular complexity index is 535. The second-order valence-electron chi connectivity index (χ2n) is 3.91. The van der Waals surface area contributed by atoms with E-state index < -0.39 is 5.82 Å². The van der Waals surface area contributed by atoms with Gasteiger partial charge in [-0.15, -0.1) is 5.10 Å². The maximum absolute atomic E-state index is 13.3. The first-order valence-electron chi connectivity index (χ1n) is 5.45. The van der Waals surface area contributed by atoms with Gasteiger partial charge in [0.25, 0.3) is 0 Å². The molecule has 0 saturated heterocycles. The zero-order valence-electron chi connectivity index (χ0n) is 9.81. The molecule has 2 aromatic rings. The quantitative estimate of drug-likeness (QED) is 0.823. The molecule has 0 saturated carbocycles. The molecule has 0 aliphatic rings. The van der Waals surface area contributed by atoms with E-state index in [1.165, 1.54) is 6.07 Å². The van der Waals surface area contributed by atoms with Gasteiger partial charge in [0.1, 0.15) is 5.82 Å². The summed E-state index contributed by atoms with van der Waals surface area (Å²) in [5, 5.41) is 11.5. The van der Waals surface area contributed by atoms with Gasteiger partial charge in [0.2, 0.25) is 0 Å². The predicted molar refractivity (Wildman–Crippen MR) is 62.7 cm³/mol. The molecule has 6 heteroatoms. The summed E-state index contributed by atoms with van der Waals surface area (Å²) in [5.41, 5.74) is 7.21. The van der Waals surface area contributed by atoms with Gasteiger partial charge in [-0.1, -0.05) is 6.92 Å². The molecule has 0 unspecified atom stereocenters. The van der Waals surface area contributed by atoms with Gasteiger partial charge in [0.15, 0.2) is 5.82 Å². The summed E-state index contributed by atoms with van der Waals surface area (Å²) in [6.07, 6.45) is 0.924. The molecule has 0 radical (unpaired) electrons. The Hall–Kier alpha value is -1.98. The molecule has 0 bridgehead atoms. The summed E-state index contributed by atoms with van der Waals surface area (Å²) < 4.78 is 15.0. The van der Waals surface area contributed by atoms with Crippen LogP contribution in [0.2, 0.25) is 0 Å². The van der Waals surface area contributed by atoms with Crippen LogP contribution in [-0.2, 0) is 6.54 Å². The van der Waals surface area contributed by atoms with E-state index in [0.717, 1.165) is 24.1 Å². The molecule has 0 amide bonds. The van der Waals surface area contributed by atoms with Crippen molar-refractivity contribution in [2.45, 2.75) is 26.8 Å². The van der Waals surface area contributed by atoms with E-state index >= 15 is 0 Å². The average Bonchev–Trinajstić information content (AvgIpc) is 2.72. The molecule has 90 valence electrons. The van der Waals surface area contributed by atoms with Crippen molar-refractivity contribution in [2.75, 3.05) is 5.73 Å². The fourth-order valence-corrected chi connectivity index (χ4v) is 1.69. The molecule has 2 rings (SSSR count). The van der Waals surface area contributed by atoms with E-state index in [1.807, 2.05) is 13.8 Å². The first-order chi connectivity index (χ1) is 8.13. The Kier molecular flexibility index (Phi) is 3.03. The number of hydrogen-bond acceptors (Lipinski definition) is 4. The lowest BCUT2D eigenvalue weighted by molar-refractivity contribution is 0.583. The molecule has 0 atom stereocenters. The topological polar surface area (TPSA) is 69.6 Å². The number of rotatable bonds is 3. The second-order valence-corrected chi connectivity index (χ2v) is 3.91. The smallest absolute Gasteiger partial charge is 0.182 e. The SMILES string of the molecule is CCCn1nnnc1-c1cc(N)c(F)cc1C. The number of halogens is 1. The normalized spacial score (nSPS) is 10.8. The Morgan fingerprint density at radius 3 is 2.88 bits per heavy atom. The molecule has 1 aromatic heterocycles. The van der Waals surface area contributed by atoms with Gasteiger partial charge in [-0.3, -0.25) is 0 Å². The molecule has 0 aliphatic heterocycles. The van der Waals surface area contributed by atoms with E-state index in [9.17, 15) is 4.39 Å². The number of nitrogens with zero attached hydrogens (tertiary/aromatic N) is 4. The van der Waals surface area contributed by atoms with E-state index in [2.05, 4.69) is 15.5 Å². The maximum Gasteiger partial charge on any atom is 0.182 e. The van der Waals surface area contributed by atoms with Crippen molar-refractivity contribution < 1.29 is 4.39 Å². The maximum atomic E-state index is 13.3. The number of hydrogen-bond donors (Lipinski definition) is 1. The number of nitrogen functional groups attached to an aromatic ring is 1. The molecule has 5 nitrogen and oxygen atoms in total. The number of aromatic nitrogens is 4. The molecule has 0 fully saturated rings. The van der Waals surface area contributed by atoms with Crippen molar-refractivity contribution in [1.82, 2.24) is 20.2 Å².